The Morgan fingerprint density at radius 2 is 2.31 bits per heavy atom. The van der Waals surface area contributed by atoms with E-state index in [2.05, 4.69) is 13.0 Å². The number of hydrogen-bond acceptors (Lipinski definition) is 2. The highest BCUT2D eigenvalue weighted by Crippen LogP contribution is 2.51. The van der Waals surface area contributed by atoms with Gasteiger partial charge < -0.3 is 9.53 Å². The summed E-state index contributed by atoms with van der Waals surface area (Å²) in [5.74, 6) is 2.52. The first-order chi connectivity index (χ1) is 7.85. The SMILES string of the molecule is C/C=C1/C[C@@H]2C[C@H]1CC2COCCCC=O. The Labute approximate surface area is 98.1 Å². The van der Waals surface area contributed by atoms with Crippen LogP contribution in [0.5, 0.6) is 0 Å². The third-order valence-corrected chi connectivity index (χ3v) is 4.18. The molecule has 0 spiro atoms. The zero-order valence-corrected chi connectivity index (χ0v) is 10.2. The maximum atomic E-state index is 10.1. The van der Waals surface area contributed by atoms with Gasteiger partial charge in [-0.25, -0.2) is 0 Å². The lowest BCUT2D eigenvalue weighted by Gasteiger charge is -2.23. The van der Waals surface area contributed by atoms with Crippen molar-refractivity contribution in [3.63, 3.8) is 0 Å². The van der Waals surface area contributed by atoms with Gasteiger partial charge in [-0.3, -0.25) is 0 Å². The van der Waals surface area contributed by atoms with Crippen molar-refractivity contribution in [3.8, 4) is 0 Å². The van der Waals surface area contributed by atoms with Gasteiger partial charge in [0.05, 0.1) is 0 Å². The smallest absolute Gasteiger partial charge is 0.120 e. The van der Waals surface area contributed by atoms with Crippen LogP contribution in [0.3, 0.4) is 0 Å². The number of aldehydes is 1. The first-order valence-electron chi connectivity index (χ1n) is 6.51. The molecular weight excluding hydrogens is 200 g/mol. The maximum Gasteiger partial charge on any atom is 0.120 e. The zero-order valence-electron chi connectivity index (χ0n) is 10.2. The van der Waals surface area contributed by atoms with Gasteiger partial charge in [0.25, 0.3) is 0 Å². The van der Waals surface area contributed by atoms with Crippen LogP contribution >= 0.6 is 0 Å². The minimum atomic E-state index is 0.638. The van der Waals surface area contributed by atoms with Crippen LogP contribution in [0, 0.1) is 17.8 Å². The summed E-state index contributed by atoms with van der Waals surface area (Å²) in [5.41, 5.74) is 1.68. The quantitative estimate of drug-likeness (QED) is 0.392. The van der Waals surface area contributed by atoms with Crippen LogP contribution in [0.4, 0.5) is 0 Å². The standard InChI is InChI=1S/C14H22O2/c1-2-11-7-13-8-12(11)9-14(13)10-16-6-4-3-5-15/h2,5,12-14H,3-4,6-10H2,1H3/b11-2-/t12-,13+,14?/m0/s1. The van der Waals surface area contributed by atoms with Crippen molar-refractivity contribution in [1.82, 2.24) is 0 Å². The van der Waals surface area contributed by atoms with E-state index in [4.69, 9.17) is 4.74 Å². The molecule has 0 amide bonds. The monoisotopic (exact) mass is 222 g/mol. The lowest BCUT2D eigenvalue weighted by atomic mass is 9.86. The minimum absolute atomic E-state index is 0.638. The number of ether oxygens (including phenoxy) is 1. The highest BCUT2D eigenvalue weighted by molar-refractivity contribution is 5.48. The van der Waals surface area contributed by atoms with Gasteiger partial charge in [-0.1, -0.05) is 11.6 Å². The maximum absolute atomic E-state index is 10.1. The number of carbonyl (C=O) groups is 1. The topological polar surface area (TPSA) is 26.3 Å². The number of fused-ring (bicyclic) bond motifs is 2. The number of carbonyl (C=O) groups excluding carboxylic acids is 1. The molecule has 2 saturated carbocycles. The van der Waals surface area contributed by atoms with Gasteiger partial charge in [-0.05, 0) is 50.4 Å². The van der Waals surface area contributed by atoms with Crippen LogP contribution in [0.15, 0.2) is 11.6 Å². The number of hydrogen-bond donors (Lipinski definition) is 0. The van der Waals surface area contributed by atoms with E-state index in [1.54, 1.807) is 5.57 Å². The summed E-state index contributed by atoms with van der Waals surface area (Å²) in [6, 6.07) is 0. The van der Waals surface area contributed by atoms with Gasteiger partial charge >= 0.3 is 0 Å². The average Bonchev–Trinajstić information content (AvgIpc) is 2.87. The highest BCUT2D eigenvalue weighted by atomic mass is 16.5. The summed E-state index contributed by atoms with van der Waals surface area (Å²) in [6.07, 6.45) is 8.83. The van der Waals surface area contributed by atoms with Gasteiger partial charge in [0.1, 0.15) is 6.29 Å². The summed E-state index contributed by atoms with van der Waals surface area (Å²) in [4.78, 5) is 10.1. The molecule has 2 rings (SSSR count). The minimum Gasteiger partial charge on any atom is -0.381 e. The van der Waals surface area contributed by atoms with Crippen molar-refractivity contribution in [2.24, 2.45) is 17.8 Å². The molecule has 2 aliphatic carbocycles. The molecule has 2 heteroatoms. The molecule has 0 aromatic carbocycles. The molecule has 2 nitrogen and oxygen atoms in total. The molecule has 0 aromatic rings. The summed E-state index contributed by atoms with van der Waals surface area (Å²) >= 11 is 0. The van der Waals surface area contributed by atoms with Crippen LogP contribution in [0.2, 0.25) is 0 Å². The van der Waals surface area contributed by atoms with Gasteiger partial charge in [0.2, 0.25) is 0 Å². The largest absolute Gasteiger partial charge is 0.381 e. The summed E-state index contributed by atoms with van der Waals surface area (Å²) < 4.78 is 5.66. The number of rotatable bonds is 6. The van der Waals surface area contributed by atoms with E-state index in [1.165, 1.54) is 19.3 Å². The Hall–Kier alpha value is -0.630. The second kappa shape index (κ2) is 5.62. The third kappa shape index (κ3) is 2.54. The fourth-order valence-corrected chi connectivity index (χ4v) is 3.30. The van der Waals surface area contributed by atoms with Crippen molar-refractivity contribution >= 4 is 6.29 Å². The number of unbranched alkanes of at least 4 members (excludes halogenated alkanes) is 1. The second-order valence-corrected chi connectivity index (χ2v) is 5.14. The van der Waals surface area contributed by atoms with Gasteiger partial charge in [0.15, 0.2) is 0 Å². The Balaban J connectivity index is 1.65. The molecule has 0 heterocycles. The molecule has 0 aliphatic heterocycles. The van der Waals surface area contributed by atoms with Crippen molar-refractivity contribution in [1.29, 1.82) is 0 Å². The Morgan fingerprint density at radius 1 is 1.44 bits per heavy atom. The molecule has 2 fully saturated rings. The predicted molar refractivity (Wildman–Crippen MR) is 64.2 cm³/mol. The van der Waals surface area contributed by atoms with E-state index < -0.39 is 0 Å². The summed E-state index contributed by atoms with van der Waals surface area (Å²) in [7, 11) is 0. The van der Waals surface area contributed by atoms with Crippen molar-refractivity contribution in [2.75, 3.05) is 13.2 Å². The lowest BCUT2D eigenvalue weighted by Crippen LogP contribution is -2.18. The molecule has 0 saturated heterocycles. The Kier molecular flexibility index (Phi) is 4.16. The molecular formula is C14H22O2. The van der Waals surface area contributed by atoms with Crippen molar-refractivity contribution < 1.29 is 9.53 Å². The second-order valence-electron chi connectivity index (χ2n) is 5.14. The van der Waals surface area contributed by atoms with E-state index in [1.807, 2.05) is 0 Å². The van der Waals surface area contributed by atoms with Gasteiger partial charge in [0, 0.05) is 19.6 Å². The molecule has 0 radical (unpaired) electrons. The van der Waals surface area contributed by atoms with Gasteiger partial charge in [-0.15, -0.1) is 0 Å². The molecule has 0 aromatic heterocycles. The fourth-order valence-electron chi connectivity index (χ4n) is 3.30. The average molecular weight is 222 g/mol. The molecule has 2 aliphatic rings. The van der Waals surface area contributed by atoms with Gasteiger partial charge in [-0.2, -0.15) is 0 Å². The first-order valence-corrected chi connectivity index (χ1v) is 6.51. The highest BCUT2D eigenvalue weighted by Gasteiger charge is 2.41. The van der Waals surface area contributed by atoms with E-state index in [0.717, 1.165) is 43.7 Å². The Morgan fingerprint density at radius 3 is 2.94 bits per heavy atom. The normalized spacial score (nSPS) is 34.8. The lowest BCUT2D eigenvalue weighted by molar-refractivity contribution is -0.108. The zero-order chi connectivity index (χ0) is 11.4. The van der Waals surface area contributed by atoms with Crippen molar-refractivity contribution in [3.05, 3.63) is 11.6 Å². The molecule has 2 bridgehead atoms. The van der Waals surface area contributed by atoms with E-state index in [0.29, 0.717) is 6.42 Å². The van der Waals surface area contributed by atoms with Crippen LogP contribution in [0.25, 0.3) is 0 Å². The van der Waals surface area contributed by atoms with Crippen LogP contribution < -0.4 is 0 Å². The van der Waals surface area contributed by atoms with E-state index >= 15 is 0 Å². The molecule has 1 unspecified atom stereocenters. The predicted octanol–water partition coefficient (Wildman–Crippen LogP) is 2.97. The Bertz CT molecular complexity index is 270. The molecule has 16 heavy (non-hydrogen) atoms. The summed E-state index contributed by atoms with van der Waals surface area (Å²) in [6.45, 7) is 3.83. The fraction of sp³-hybridized carbons (Fsp3) is 0.786. The van der Waals surface area contributed by atoms with Crippen LogP contribution in [-0.2, 0) is 9.53 Å². The van der Waals surface area contributed by atoms with E-state index in [-0.39, 0.29) is 0 Å². The molecule has 0 N–H and O–H groups in total. The molecule has 3 atom stereocenters. The first kappa shape index (κ1) is 11.8. The number of allylic oxidation sites excluding steroid dienone is 2. The third-order valence-electron chi connectivity index (χ3n) is 4.18. The van der Waals surface area contributed by atoms with Crippen molar-refractivity contribution in [2.45, 2.75) is 39.0 Å². The van der Waals surface area contributed by atoms with Crippen LogP contribution in [0.1, 0.15) is 39.0 Å². The summed E-state index contributed by atoms with van der Waals surface area (Å²) in [5, 5.41) is 0. The van der Waals surface area contributed by atoms with E-state index in [9.17, 15) is 4.79 Å². The van der Waals surface area contributed by atoms with Crippen LogP contribution in [-0.4, -0.2) is 19.5 Å². The molecule has 90 valence electrons.